The van der Waals surface area contributed by atoms with Gasteiger partial charge in [-0.1, -0.05) is 18.2 Å². The van der Waals surface area contributed by atoms with Crippen molar-refractivity contribution in [2.75, 3.05) is 47.0 Å². The van der Waals surface area contributed by atoms with Gasteiger partial charge in [-0.3, -0.25) is 0 Å². The Morgan fingerprint density at radius 1 is 1.00 bits per heavy atom. The molecule has 2 saturated heterocycles. The lowest BCUT2D eigenvalue weighted by Gasteiger charge is -2.38. The van der Waals surface area contributed by atoms with Crippen molar-refractivity contribution in [2.24, 2.45) is 0 Å². The Hall–Kier alpha value is -2.78. The summed E-state index contributed by atoms with van der Waals surface area (Å²) in [5, 5.41) is 15.5. The van der Waals surface area contributed by atoms with E-state index in [0.717, 1.165) is 22.9 Å². The van der Waals surface area contributed by atoms with Crippen LogP contribution in [0.15, 0.2) is 70.5 Å². The predicted octanol–water partition coefficient (Wildman–Crippen LogP) is 2.10. The van der Waals surface area contributed by atoms with Crippen LogP contribution in [0.2, 0.25) is 0 Å². The van der Waals surface area contributed by atoms with Crippen LogP contribution in [0.5, 0.6) is 11.5 Å². The highest BCUT2D eigenvalue weighted by atomic mass is 32.2. The van der Waals surface area contributed by atoms with Crippen molar-refractivity contribution in [3.8, 4) is 11.5 Å². The molecule has 0 bridgehead atoms. The number of fused-ring (bicyclic) bond motifs is 1. The molecule has 2 heterocycles. The third kappa shape index (κ3) is 6.72. The summed E-state index contributed by atoms with van der Waals surface area (Å²) in [6, 6.07) is 16.8. The Labute approximate surface area is 246 Å². The van der Waals surface area contributed by atoms with Gasteiger partial charge in [0, 0.05) is 31.7 Å². The number of nitrogens with zero attached hydrogens (tertiary/aromatic N) is 1. The number of aliphatic hydroxyl groups excluding tert-OH is 1. The van der Waals surface area contributed by atoms with Crippen LogP contribution in [-0.4, -0.2) is 91.0 Å². The van der Waals surface area contributed by atoms with Gasteiger partial charge in [0.05, 0.1) is 29.1 Å². The molecule has 5 rings (SSSR count). The third-order valence-electron chi connectivity index (χ3n) is 7.97. The Bertz CT molecular complexity index is 1620. The molecule has 228 valence electrons. The molecule has 2 unspecified atom stereocenters. The number of hydrogen-bond acceptors (Lipinski definition) is 9. The minimum Gasteiger partial charge on any atom is -0.497 e. The zero-order valence-electron chi connectivity index (χ0n) is 23.7. The Kier molecular flexibility index (Phi) is 9.09. The molecule has 0 aromatic heterocycles. The van der Waals surface area contributed by atoms with Crippen molar-refractivity contribution >= 4 is 30.8 Å². The van der Waals surface area contributed by atoms with Crippen LogP contribution in [-0.2, 0) is 24.8 Å². The van der Waals surface area contributed by atoms with Crippen molar-refractivity contribution in [3.63, 3.8) is 0 Å². The number of nitrogens with one attached hydrogen (secondary N) is 2. The van der Waals surface area contributed by atoms with E-state index in [2.05, 4.69) is 10.0 Å². The van der Waals surface area contributed by atoms with Gasteiger partial charge in [-0.05, 0) is 73.5 Å². The highest BCUT2D eigenvalue weighted by Crippen LogP contribution is 2.37. The standard InChI is InChI=1S/C29H37N3O8S2/c1-30-41(34,35)27-5-3-4-26(16-27)39-20-24(33)18-31-23-17-29(40-19-23)10-12-32(13-11-29)42(36,37)28-9-7-21-14-25(38-2)8-6-22(21)15-28/h3-9,14-16,23-24,30-31,33H,10-13,17-20H2,1-2H3. The number of methoxy groups -OCH3 is 1. The number of aliphatic hydroxyl groups is 1. The van der Waals surface area contributed by atoms with Crippen LogP contribution in [0.4, 0.5) is 0 Å². The molecule has 3 aromatic carbocycles. The number of rotatable bonds is 11. The predicted molar refractivity (Wildman–Crippen MR) is 158 cm³/mol. The lowest BCUT2D eigenvalue weighted by Crippen LogP contribution is -2.47. The first-order chi connectivity index (χ1) is 20.0. The maximum atomic E-state index is 13.4. The molecule has 2 aliphatic heterocycles. The maximum Gasteiger partial charge on any atom is 0.243 e. The van der Waals surface area contributed by atoms with Crippen LogP contribution in [0, 0.1) is 0 Å². The summed E-state index contributed by atoms with van der Waals surface area (Å²) < 4.78 is 71.7. The highest BCUT2D eigenvalue weighted by Gasteiger charge is 2.44. The fraction of sp³-hybridized carbons (Fsp3) is 0.448. The number of benzene rings is 3. The second-order valence-electron chi connectivity index (χ2n) is 10.7. The number of ether oxygens (including phenoxy) is 3. The van der Waals surface area contributed by atoms with Crippen LogP contribution in [0.3, 0.4) is 0 Å². The second-order valence-corrected chi connectivity index (χ2v) is 14.6. The fourth-order valence-electron chi connectivity index (χ4n) is 5.50. The van der Waals surface area contributed by atoms with E-state index in [4.69, 9.17) is 14.2 Å². The molecule has 42 heavy (non-hydrogen) atoms. The molecule has 3 aromatic rings. The molecular formula is C29H37N3O8S2. The summed E-state index contributed by atoms with van der Waals surface area (Å²) >= 11 is 0. The van der Waals surface area contributed by atoms with Crippen LogP contribution >= 0.6 is 0 Å². The highest BCUT2D eigenvalue weighted by molar-refractivity contribution is 7.89. The molecular weight excluding hydrogens is 582 g/mol. The van der Waals surface area contributed by atoms with E-state index >= 15 is 0 Å². The van der Waals surface area contributed by atoms with Crippen molar-refractivity contribution < 1.29 is 36.2 Å². The number of piperidine rings is 1. The lowest BCUT2D eigenvalue weighted by atomic mass is 9.88. The summed E-state index contributed by atoms with van der Waals surface area (Å²) in [5.41, 5.74) is -0.398. The zero-order valence-corrected chi connectivity index (χ0v) is 25.3. The minimum absolute atomic E-state index is 0.0100. The first kappa shape index (κ1) is 30.7. The van der Waals surface area contributed by atoms with Crippen molar-refractivity contribution in [1.82, 2.24) is 14.3 Å². The molecule has 3 N–H and O–H groups in total. The van der Waals surface area contributed by atoms with E-state index in [0.29, 0.717) is 38.3 Å². The quantitative estimate of drug-likeness (QED) is 0.294. The molecule has 0 saturated carbocycles. The second kappa shape index (κ2) is 12.4. The first-order valence-corrected chi connectivity index (χ1v) is 16.8. The summed E-state index contributed by atoms with van der Waals surface area (Å²) in [5.74, 6) is 1.07. The summed E-state index contributed by atoms with van der Waals surface area (Å²) in [6.07, 6.45) is 1.08. The topological polar surface area (TPSA) is 144 Å². The first-order valence-electron chi connectivity index (χ1n) is 13.8. The van der Waals surface area contributed by atoms with Crippen molar-refractivity contribution in [3.05, 3.63) is 60.7 Å². The summed E-state index contributed by atoms with van der Waals surface area (Å²) in [4.78, 5) is 0.357. The van der Waals surface area contributed by atoms with Gasteiger partial charge in [0.1, 0.15) is 24.2 Å². The molecule has 1 spiro atoms. The van der Waals surface area contributed by atoms with Crippen LogP contribution in [0.1, 0.15) is 19.3 Å². The van der Waals surface area contributed by atoms with Crippen LogP contribution < -0.4 is 19.5 Å². The smallest absolute Gasteiger partial charge is 0.243 e. The van der Waals surface area contributed by atoms with Gasteiger partial charge in [-0.25, -0.2) is 21.6 Å². The van der Waals surface area contributed by atoms with Gasteiger partial charge in [0.15, 0.2) is 0 Å². The zero-order chi connectivity index (χ0) is 30.0. The number of hydrogen-bond donors (Lipinski definition) is 3. The summed E-state index contributed by atoms with van der Waals surface area (Å²) in [7, 11) is -4.30. The molecule has 2 aliphatic rings. The molecule has 13 heteroatoms. The SMILES string of the molecule is CNS(=O)(=O)c1cccc(OCC(O)CNC2COC3(CCN(S(=O)(=O)c4ccc5cc(OC)ccc5c4)CC3)C2)c1. The Morgan fingerprint density at radius 3 is 2.48 bits per heavy atom. The van der Waals surface area contributed by atoms with E-state index in [1.807, 2.05) is 18.2 Å². The Balaban J connectivity index is 1.10. The van der Waals surface area contributed by atoms with E-state index in [1.165, 1.54) is 23.5 Å². The molecule has 2 fully saturated rings. The van der Waals surface area contributed by atoms with E-state index in [-0.39, 0.29) is 29.0 Å². The van der Waals surface area contributed by atoms with Gasteiger partial charge in [0.25, 0.3) is 0 Å². The molecule has 2 atom stereocenters. The molecule has 11 nitrogen and oxygen atoms in total. The van der Waals surface area contributed by atoms with Crippen molar-refractivity contribution in [1.29, 1.82) is 0 Å². The van der Waals surface area contributed by atoms with Gasteiger partial charge in [0.2, 0.25) is 20.0 Å². The van der Waals surface area contributed by atoms with E-state index in [1.54, 1.807) is 37.4 Å². The average molecular weight is 620 g/mol. The van der Waals surface area contributed by atoms with Gasteiger partial charge in [-0.2, -0.15) is 4.31 Å². The average Bonchev–Trinajstić information content (AvgIpc) is 3.40. The molecule has 0 radical (unpaired) electrons. The van der Waals surface area contributed by atoms with Gasteiger partial charge >= 0.3 is 0 Å². The lowest BCUT2D eigenvalue weighted by molar-refractivity contribution is -0.0312. The molecule has 0 amide bonds. The van der Waals surface area contributed by atoms with E-state index in [9.17, 15) is 21.9 Å². The van der Waals surface area contributed by atoms with Gasteiger partial charge in [-0.15, -0.1) is 0 Å². The Morgan fingerprint density at radius 2 is 1.74 bits per heavy atom. The fourth-order valence-corrected chi connectivity index (χ4v) is 7.74. The number of sulfonamides is 2. The van der Waals surface area contributed by atoms with Crippen molar-refractivity contribution in [2.45, 2.75) is 46.8 Å². The normalized spacial score (nSPS) is 20.1. The van der Waals surface area contributed by atoms with E-state index < -0.39 is 31.8 Å². The summed E-state index contributed by atoms with van der Waals surface area (Å²) in [6.45, 7) is 1.47. The third-order valence-corrected chi connectivity index (χ3v) is 11.3. The van der Waals surface area contributed by atoms with Crippen LogP contribution in [0.25, 0.3) is 10.8 Å². The molecule has 0 aliphatic carbocycles. The minimum atomic E-state index is -3.65. The monoisotopic (exact) mass is 619 g/mol. The maximum absolute atomic E-state index is 13.4. The van der Waals surface area contributed by atoms with Gasteiger partial charge < -0.3 is 24.6 Å². The largest absolute Gasteiger partial charge is 0.497 e.